The van der Waals surface area contributed by atoms with Crippen LogP contribution in [0, 0.1) is 11.8 Å². The molecule has 20 heavy (non-hydrogen) atoms. The third kappa shape index (κ3) is 2.49. The zero-order chi connectivity index (χ0) is 14.1. The maximum atomic E-state index is 4.68. The second-order valence-corrected chi connectivity index (χ2v) is 6.31. The summed E-state index contributed by atoms with van der Waals surface area (Å²) in [6.07, 6.45) is 6.11. The Morgan fingerprint density at radius 1 is 1.45 bits per heavy atom. The molecule has 0 spiro atoms. The van der Waals surface area contributed by atoms with Crippen molar-refractivity contribution in [3.05, 3.63) is 17.6 Å². The lowest BCUT2D eigenvalue weighted by Crippen LogP contribution is -2.19. The highest BCUT2D eigenvalue weighted by Gasteiger charge is 2.22. The van der Waals surface area contributed by atoms with Crippen LogP contribution < -0.4 is 5.32 Å². The lowest BCUT2D eigenvalue weighted by molar-refractivity contribution is 0.490. The predicted octanol–water partition coefficient (Wildman–Crippen LogP) is 2.71. The molecule has 3 rings (SSSR count). The lowest BCUT2D eigenvalue weighted by atomic mass is 9.88. The number of nitrogens with zero attached hydrogens (tertiary/aromatic N) is 4. The van der Waals surface area contributed by atoms with Crippen LogP contribution in [0.3, 0.4) is 0 Å². The molecule has 2 aromatic rings. The van der Waals surface area contributed by atoms with Gasteiger partial charge in [0.05, 0.1) is 5.69 Å². The Bertz CT molecular complexity index is 602. The molecule has 0 radical (unpaired) electrons. The summed E-state index contributed by atoms with van der Waals surface area (Å²) in [6.45, 7) is 7.76. The van der Waals surface area contributed by atoms with E-state index < -0.39 is 0 Å². The van der Waals surface area contributed by atoms with E-state index in [-0.39, 0.29) is 0 Å². The minimum atomic E-state index is 0.700. The van der Waals surface area contributed by atoms with Gasteiger partial charge < -0.3 is 5.32 Å². The maximum Gasteiger partial charge on any atom is 0.254 e. The molecule has 1 atom stereocenters. The maximum absolute atomic E-state index is 4.68. The first-order chi connectivity index (χ1) is 9.65. The molecule has 108 valence electrons. The van der Waals surface area contributed by atoms with Crippen LogP contribution in [0.4, 0.5) is 5.82 Å². The summed E-state index contributed by atoms with van der Waals surface area (Å²) < 4.78 is 1.86. The molecule has 1 N–H and O–H groups in total. The molecular formula is C15H23N5. The van der Waals surface area contributed by atoms with E-state index in [9.17, 15) is 0 Å². The fourth-order valence-corrected chi connectivity index (χ4v) is 2.84. The van der Waals surface area contributed by atoms with Crippen molar-refractivity contribution in [3.63, 3.8) is 0 Å². The summed E-state index contributed by atoms with van der Waals surface area (Å²) in [5, 5.41) is 7.89. The van der Waals surface area contributed by atoms with Crippen LogP contribution >= 0.6 is 0 Å². The summed E-state index contributed by atoms with van der Waals surface area (Å²) in [7, 11) is 0. The second kappa shape index (κ2) is 5.38. The summed E-state index contributed by atoms with van der Waals surface area (Å²) >= 11 is 0. The van der Waals surface area contributed by atoms with Crippen LogP contribution in [0.2, 0.25) is 0 Å². The molecule has 2 aromatic heterocycles. The summed E-state index contributed by atoms with van der Waals surface area (Å²) in [5.74, 6) is 3.23. The number of nitrogens with one attached hydrogen (secondary N) is 1. The zero-order valence-corrected chi connectivity index (χ0v) is 12.6. The van der Waals surface area contributed by atoms with Gasteiger partial charge in [0.2, 0.25) is 0 Å². The summed E-state index contributed by atoms with van der Waals surface area (Å²) in [5.41, 5.74) is 2.54. The average molecular weight is 273 g/mol. The first-order valence-electron chi connectivity index (χ1n) is 7.60. The quantitative estimate of drug-likeness (QED) is 0.930. The minimum Gasteiger partial charge on any atom is -0.370 e. The standard InChI is InChI=1S/C15H23N5/c1-10(2)6-7-16-14-12-5-4-11(3)8-13(12)19-15-17-9-18-20(14)15/h9-11,16H,4-8H2,1-3H3/t11-/m0/s1. The fourth-order valence-electron chi connectivity index (χ4n) is 2.84. The predicted molar refractivity (Wildman–Crippen MR) is 79.9 cm³/mol. The van der Waals surface area contributed by atoms with Crippen molar-refractivity contribution in [3.8, 4) is 0 Å². The van der Waals surface area contributed by atoms with Crippen molar-refractivity contribution in [2.24, 2.45) is 11.8 Å². The second-order valence-electron chi connectivity index (χ2n) is 6.31. The van der Waals surface area contributed by atoms with Gasteiger partial charge in [-0.3, -0.25) is 0 Å². The number of hydrogen-bond acceptors (Lipinski definition) is 4. The van der Waals surface area contributed by atoms with E-state index in [1.54, 1.807) is 6.33 Å². The largest absolute Gasteiger partial charge is 0.370 e. The Balaban J connectivity index is 1.97. The third-order valence-corrected chi connectivity index (χ3v) is 4.05. The number of fused-ring (bicyclic) bond motifs is 2. The van der Waals surface area contributed by atoms with Crippen molar-refractivity contribution < 1.29 is 0 Å². The van der Waals surface area contributed by atoms with E-state index in [0.29, 0.717) is 17.6 Å². The highest BCUT2D eigenvalue weighted by atomic mass is 15.4. The average Bonchev–Trinajstić information content (AvgIpc) is 2.85. The first-order valence-corrected chi connectivity index (χ1v) is 7.60. The van der Waals surface area contributed by atoms with E-state index in [0.717, 1.165) is 31.6 Å². The van der Waals surface area contributed by atoms with Gasteiger partial charge in [-0.15, -0.1) is 0 Å². The number of anilines is 1. The third-order valence-electron chi connectivity index (χ3n) is 4.05. The Labute approximate surface area is 119 Å². The van der Waals surface area contributed by atoms with Crippen molar-refractivity contribution in [2.75, 3.05) is 11.9 Å². The number of aromatic nitrogens is 4. The first kappa shape index (κ1) is 13.3. The minimum absolute atomic E-state index is 0.700. The van der Waals surface area contributed by atoms with Gasteiger partial charge in [-0.25, -0.2) is 4.98 Å². The SMILES string of the molecule is CC(C)CCNc1c2c(nc3ncnn13)C[C@@H](C)CC2. The molecule has 0 fully saturated rings. The van der Waals surface area contributed by atoms with Crippen LogP contribution in [-0.2, 0) is 12.8 Å². The van der Waals surface area contributed by atoms with Gasteiger partial charge in [-0.2, -0.15) is 14.6 Å². The van der Waals surface area contributed by atoms with Crippen molar-refractivity contribution in [1.29, 1.82) is 0 Å². The fraction of sp³-hybridized carbons (Fsp3) is 0.667. The molecule has 2 heterocycles. The molecule has 0 aliphatic heterocycles. The van der Waals surface area contributed by atoms with E-state index in [2.05, 4.69) is 41.2 Å². The van der Waals surface area contributed by atoms with Gasteiger partial charge in [0.15, 0.2) is 0 Å². The Morgan fingerprint density at radius 2 is 2.30 bits per heavy atom. The topological polar surface area (TPSA) is 55.1 Å². The van der Waals surface area contributed by atoms with E-state index >= 15 is 0 Å². The van der Waals surface area contributed by atoms with E-state index in [1.807, 2.05) is 4.52 Å². The van der Waals surface area contributed by atoms with Crippen molar-refractivity contribution in [2.45, 2.75) is 46.5 Å². The van der Waals surface area contributed by atoms with E-state index in [4.69, 9.17) is 0 Å². The molecule has 0 saturated carbocycles. The number of hydrogen-bond donors (Lipinski definition) is 1. The van der Waals surface area contributed by atoms with Crippen molar-refractivity contribution in [1.82, 2.24) is 19.6 Å². The summed E-state index contributed by atoms with van der Waals surface area (Å²) in [4.78, 5) is 8.94. The zero-order valence-electron chi connectivity index (χ0n) is 12.6. The molecule has 0 unspecified atom stereocenters. The lowest BCUT2D eigenvalue weighted by Gasteiger charge is -2.23. The molecule has 5 heteroatoms. The monoisotopic (exact) mass is 273 g/mol. The van der Waals surface area contributed by atoms with Gasteiger partial charge in [0.1, 0.15) is 12.1 Å². The normalized spacial score (nSPS) is 18.5. The van der Waals surface area contributed by atoms with Gasteiger partial charge >= 0.3 is 0 Å². The molecule has 5 nitrogen and oxygen atoms in total. The Hall–Kier alpha value is -1.65. The molecule has 0 aromatic carbocycles. The highest BCUT2D eigenvalue weighted by Crippen LogP contribution is 2.29. The van der Waals surface area contributed by atoms with Crippen LogP contribution in [0.1, 0.15) is 44.9 Å². The Morgan fingerprint density at radius 3 is 3.10 bits per heavy atom. The van der Waals surface area contributed by atoms with Gasteiger partial charge in [-0.1, -0.05) is 20.8 Å². The van der Waals surface area contributed by atoms with Crippen molar-refractivity contribution >= 4 is 11.6 Å². The van der Waals surface area contributed by atoms with Gasteiger partial charge in [0, 0.05) is 12.1 Å². The van der Waals surface area contributed by atoms with Gasteiger partial charge in [-0.05, 0) is 37.5 Å². The highest BCUT2D eigenvalue weighted by molar-refractivity contribution is 5.53. The van der Waals surface area contributed by atoms with Gasteiger partial charge in [0.25, 0.3) is 5.78 Å². The molecule has 0 bridgehead atoms. The molecular weight excluding hydrogens is 250 g/mol. The molecule has 1 aliphatic carbocycles. The van der Waals surface area contributed by atoms with Crippen LogP contribution in [0.5, 0.6) is 0 Å². The smallest absolute Gasteiger partial charge is 0.254 e. The number of rotatable bonds is 4. The van der Waals surface area contributed by atoms with E-state index in [1.165, 1.54) is 17.7 Å². The molecule has 1 aliphatic rings. The van der Waals surface area contributed by atoms with Crippen LogP contribution in [0.15, 0.2) is 6.33 Å². The van der Waals surface area contributed by atoms with Crippen LogP contribution in [0.25, 0.3) is 5.78 Å². The van der Waals surface area contributed by atoms with Crippen LogP contribution in [-0.4, -0.2) is 26.1 Å². The molecule has 0 saturated heterocycles. The Kier molecular flexibility index (Phi) is 3.59. The summed E-state index contributed by atoms with van der Waals surface area (Å²) in [6, 6.07) is 0. The molecule has 0 amide bonds.